The van der Waals surface area contributed by atoms with Gasteiger partial charge in [0.15, 0.2) is 0 Å². The molecule has 6 unspecified atom stereocenters. The Morgan fingerprint density at radius 1 is 0.810 bits per heavy atom. The first-order valence-corrected chi connectivity index (χ1v) is 9.49. The fourth-order valence-corrected chi connectivity index (χ4v) is 6.23. The second kappa shape index (κ2) is 6.31. The predicted molar refractivity (Wildman–Crippen MR) is 92.1 cm³/mol. The molecule has 0 saturated heterocycles. The summed E-state index contributed by atoms with van der Waals surface area (Å²) in [7, 11) is 0. The highest BCUT2D eigenvalue weighted by Crippen LogP contribution is 2.68. The number of rotatable bonds is 8. The highest BCUT2D eigenvalue weighted by Gasteiger charge is 2.61. The molecule has 3 rings (SSSR count). The second-order valence-electron chi connectivity index (χ2n) is 8.22. The van der Waals surface area contributed by atoms with Gasteiger partial charge in [-0.15, -0.1) is 0 Å². The summed E-state index contributed by atoms with van der Waals surface area (Å²) in [5, 5.41) is 0. The van der Waals surface area contributed by atoms with Gasteiger partial charge in [0.25, 0.3) is 0 Å². The zero-order valence-electron chi connectivity index (χ0n) is 14.2. The summed E-state index contributed by atoms with van der Waals surface area (Å²) in [5.74, 6) is 6.20. The molecular weight excluding hydrogens is 252 g/mol. The second-order valence-corrected chi connectivity index (χ2v) is 8.22. The van der Waals surface area contributed by atoms with Crippen molar-refractivity contribution in [1.29, 1.82) is 0 Å². The molecule has 0 aliphatic heterocycles. The number of hydrogen-bond acceptors (Lipinski definition) is 0. The minimum Gasteiger partial charge on any atom is -0.0999 e. The normalized spacial score (nSPS) is 39.9. The van der Waals surface area contributed by atoms with Crippen LogP contribution in [0.1, 0.15) is 71.6 Å². The Labute approximate surface area is 132 Å². The molecule has 0 spiro atoms. The average molecular weight is 287 g/mol. The van der Waals surface area contributed by atoms with Gasteiger partial charge in [-0.25, -0.2) is 0 Å². The van der Waals surface area contributed by atoms with E-state index in [4.69, 9.17) is 0 Å². The van der Waals surface area contributed by atoms with Crippen molar-refractivity contribution >= 4 is 0 Å². The standard InChI is InChI=1S/C21H34/c1-5-7-14(3)11-18-19(12-15(4)8-6-2)21-17-10-9-16(13-17)20(18)21/h16-21H,3-13H2,1-2H3. The Bertz CT molecular complexity index is 366. The van der Waals surface area contributed by atoms with E-state index in [0.29, 0.717) is 0 Å². The van der Waals surface area contributed by atoms with E-state index in [1.165, 1.54) is 62.5 Å². The first kappa shape index (κ1) is 15.4. The van der Waals surface area contributed by atoms with E-state index in [-0.39, 0.29) is 0 Å². The lowest BCUT2D eigenvalue weighted by atomic mass is 9.49. The topological polar surface area (TPSA) is 0 Å². The Morgan fingerprint density at radius 3 is 1.62 bits per heavy atom. The maximum Gasteiger partial charge on any atom is -0.0289 e. The van der Waals surface area contributed by atoms with E-state index in [1.807, 2.05) is 0 Å². The van der Waals surface area contributed by atoms with Crippen LogP contribution in [-0.2, 0) is 0 Å². The van der Waals surface area contributed by atoms with E-state index >= 15 is 0 Å². The van der Waals surface area contributed by atoms with Crippen molar-refractivity contribution in [3.63, 3.8) is 0 Å². The van der Waals surface area contributed by atoms with E-state index in [2.05, 4.69) is 27.0 Å². The van der Waals surface area contributed by atoms with Crippen LogP contribution in [0.2, 0.25) is 0 Å². The molecule has 3 fully saturated rings. The summed E-state index contributed by atoms with van der Waals surface area (Å²) < 4.78 is 0. The van der Waals surface area contributed by atoms with Gasteiger partial charge in [0, 0.05) is 0 Å². The van der Waals surface area contributed by atoms with Crippen molar-refractivity contribution in [2.75, 3.05) is 0 Å². The van der Waals surface area contributed by atoms with Gasteiger partial charge in [-0.1, -0.05) is 51.0 Å². The van der Waals surface area contributed by atoms with E-state index in [0.717, 1.165) is 35.5 Å². The molecule has 21 heavy (non-hydrogen) atoms. The molecule has 0 aromatic carbocycles. The molecule has 0 N–H and O–H groups in total. The maximum absolute atomic E-state index is 4.37. The number of fused-ring (bicyclic) bond motifs is 5. The van der Waals surface area contributed by atoms with Crippen LogP contribution in [0.5, 0.6) is 0 Å². The van der Waals surface area contributed by atoms with Gasteiger partial charge in [0.2, 0.25) is 0 Å². The molecule has 2 bridgehead atoms. The Balaban J connectivity index is 1.66. The van der Waals surface area contributed by atoms with Crippen LogP contribution < -0.4 is 0 Å². The molecule has 0 aromatic heterocycles. The molecule has 0 heteroatoms. The Morgan fingerprint density at radius 2 is 1.24 bits per heavy atom. The maximum atomic E-state index is 4.37. The van der Waals surface area contributed by atoms with Crippen molar-refractivity contribution in [3.8, 4) is 0 Å². The minimum absolute atomic E-state index is 0.956. The average Bonchev–Trinajstić information content (AvgIpc) is 3.01. The van der Waals surface area contributed by atoms with Crippen molar-refractivity contribution in [3.05, 3.63) is 24.3 Å². The van der Waals surface area contributed by atoms with Gasteiger partial charge in [0.1, 0.15) is 0 Å². The summed E-state index contributed by atoms with van der Waals surface area (Å²) in [4.78, 5) is 0. The van der Waals surface area contributed by atoms with Crippen LogP contribution >= 0.6 is 0 Å². The van der Waals surface area contributed by atoms with Gasteiger partial charge in [-0.05, 0) is 80.5 Å². The number of hydrogen-bond donors (Lipinski definition) is 0. The largest absolute Gasteiger partial charge is 0.0999 e. The molecule has 3 saturated carbocycles. The van der Waals surface area contributed by atoms with Crippen LogP contribution in [-0.4, -0.2) is 0 Å². The molecule has 6 atom stereocenters. The van der Waals surface area contributed by atoms with Crippen molar-refractivity contribution in [1.82, 2.24) is 0 Å². The van der Waals surface area contributed by atoms with E-state index in [1.54, 1.807) is 6.42 Å². The minimum atomic E-state index is 0.956. The molecule has 0 radical (unpaired) electrons. The van der Waals surface area contributed by atoms with Gasteiger partial charge in [0.05, 0.1) is 0 Å². The number of allylic oxidation sites excluding steroid dienone is 2. The van der Waals surface area contributed by atoms with Crippen LogP contribution in [0, 0.1) is 35.5 Å². The third-order valence-corrected chi connectivity index (χ3v) is 6.84. The fraction of sp³-hybridized carbons (Fsp3) is 0.810. The third-order valence-electron chi connectivity index (χ3n) is 6.84. The monoisotopic (exact) mass is 286 g/mol. The molecule has 0 heterocycles. The Hall–Kier alpha value is -0.520. The van der Waals surface area contributed by atoms with E-state index in [9.17, 15) is 0 Å². The molecule has 3 aliphatic rings. The molecule has 118 valence electrons. The van der Waals surface area contributed by atoms with Crippen LogP contribution in [0.3, 0.4) is 0 Å². The van der Waals surface area contributed by atoms with Gasteiger partial charge in [-0.2, -0.15) is 0 Å². The zero-order valence-corrected chi connectivity index (χ0v) is 14.2. The van der Waals surface area contributed by atoms with Gasteiger partial charge >= 0.3 is 0 Å². The lowest BCUT2D eigenvalue weighted by Gasteiger charge is -2.55. The highest BCUT2D eigenvalue weighted by molar-refractivity contribution is 5.16. The van der Waals surface area contributed by atoms with Gasteiger partial charge in [-0.3, -0.25) is 0 Å². The van der Waals surface area contributed by atoms with Crippen molar-refractivity contribution in [2.45, 2.75) is 71.6 Å². The summed E-state index contributed by atoms with van der Waals surface area (Å²) in [6.45, 7) is 13.3. The Kier molecular flexibility index (Phi) is 4.62. The van der Waals surface area contributed by atoms with Gasteiger partial charge < -0.3 is 0 Å². The molecule has 0 aromatic rings. The fourth-order valence-electron chi connectivity index (χ4n) is 6.23. The first-order valence-electron chi connectivity index (χ1n) is 9.49. The van der Waals surface area contributed by atoms with Crippen LogP contribution in [0.15, 0.2) is 24.3 Å². The summed E-state index contributed by atoms with van der Waals surface area (Å²) >= 11 is 0. The molecular formula is C21H34. The molecule has 0 amide bonds. The smallest absolute Gasteiger partial charge is 0.0289 e. The SMILES string of the molecule is C=C(CCC)CC1C(CC(=C)CCC)C2C3CCC(C3)C12. The predicted octanol–water partition coefficient (Wildman–Crippen LogP) is 6.39. The van der Waals surface area contributed by atoms with E-state index < -0.39 is 0 Å². The van der Waals surface area contributed by atoms with Crippen LogP contribution in [0.4, 0.5) is 0 Å². The zero-order chi connectivity index (χ0) is 15.0. The highest BCUT2D eigenvalue weighted by atomic mass is 14.7. The molecule has 3 aliphatic carbocycles. The lowest BCUT2D eigenvalue weighted by Crippen LogP contribution is -2.50. The van der Waals surface area contributed by atoms with Crippen molar-refractivity contribution < 1.29 is 0 Å². The summed E-state index contributed by atoms with van der Waals surface area (Å²) in [5.41, 5.74) is 3.05. The summed E-state index contributed by atoms with van der Waals surface area (Å²) in [6.07, 6.45) is 12.3. The van der Waals surface area contributed by atoms with Crippen molar-refractivity contribution in [2.24, 2.45) is 35.5 Å². The lowest BCUT2D eigenvalue weighted by molar-refractivity contribution is -0.0604. The quantitative estimate of drug-likeness (QED) is 0.454. The molecule has 0 nitrogen and oxygen atoms in total. The summed E-state index contributed by atoms with van der Waals surface area (Å²) in [6, 6.07) is 0. The third kappa shape index (κ3) is 2.76. The first-order chi connectivity index (χ1) is 10.2. The van der Waals surface area contributed by atoms with Crippen LogP contribution in [0.25, 0.3) is 0 Å².